The molecular weight excluding hydrogens is 362 g/mol. The molecule has 3 aliphatic heterocycles. The van der Waals surface area contributed by atoms with Crippen molar-refractivity contribution in [1.82, 2.24) is 14.9 Å². The van der Waals surface area contributed by atoms with Crippen molar-refractivity contribution < 1.29 is 24.3 Å². The van der Waals surface area contributed by atoms with Crippen LogP contribution in [0, 0.1) is 5.92 Å². The number of hydroxylamine groups is 2. The van der Waals surface area contributed by atoms with Crippen molar-refractivity contribution in [3.63, 3.8) is 0 Å². The average Bonchev–Trinajstić information content (AvgIpc) is 3.19. The third-order valence-electron chi connectivity index (χ3n) is 6.14. The van der Waals surface area contributed by atoms with E-state index in [1.807, 2.05) is 6.92 Å². The lowest BCUT2D eigenvalue weighted by Gasteiger charge is -2.41. The van der Waals surface area contributed by atoms with Crippen molar-refractivity contribution in [3.05, 3.63) is 29.8 Å². The summed E-state index contributed by atoms with van der Waals surface area (Å²) in [4.78, 5) is 39.6. The van der Waals surface area contributed by atoms with Gasteiger partial charge in [0.25, 0.3) is 5.91 Å². The van der Waals surface area contributed by atoms with Gasteiger partial charge in [0, 0.05) is 23.7 Å². The Morgan fingerprint density at radius 1 is 1.21 bits per heavy atom. The summed E-state index contributed by atoms with van der Waals surface area (Å²) in [6.07, 6.45) is 1.00. The van der Waals surface area contributed by atoms with Crippen LogP contribution < -0.4 is 9.96 Å². The second-order valence-corrected chi connectivity index (χ2v) is 8.49. The maximum absolute atomic E-state index is 13.1. The summed E-state index contributed by atoms with van der Waals surface area (Å²) in [6, 6.07) is 5.43. The molecule has 28 heavy (non-hydrogen) atoms. The van der Waals surface area contributed by atoms with Gasteiger partial charge in [0.05, 0.1) is 6.10 Å². The smallest absolute Gasteiger partial charge is 0.251 e. The van der Waals surface area contributed by atoms with Crippen LogP contribution in [-0.4, -0.2) is 72.6 Å². The molecule has 3 saturated heterocycles. The molecule has 4 rings (SSSR count). The van der Waals surface area contributed by atoms with E-state index in [2.05, 4.69) is 5.32 Å². The van der Waals surface area contributed by atoms with Gasteiger partial charge in [0.1, 0.15) is 32.8 Å². The zero-order valence-corrected chi connectivity index (χ0v) is 16.3. The molecule has 0 aliphatic carbocycles. The van der Waals surface area contributed by atoms with Gasteiger partial charge < -0.3 is 15.0 Å². The van der Waals surface area contributed by atoms with E-state index in [9.17, 15) is 19.6 Å². The van der Waals surface area contributed by atoms with E-state index in [0.29, 0.717) is 24.1 Å². The van der Waals surface area contributed by atoms with Gasteiger partial charge in [-0.1, -0.05) is 6.92 Å². The van der Waals surface area contributed by atoms with E-state index >= 15 is 0 Å². The number of quaternary nitrogens is 1. The highest BCUT2D eigenvalue weighted by molar-refractivity contribution is 5.99. The molecule has 2 unspecified atom stereocenters. The Kier molecular flexibility index (Phi) is 4.52. The van der Waals surface area contributed by atoms with Crippen molar-refractivity contribution in [1.29, 1.82) is 0 Å². The highest BCUT2D eigenvalue weighted by Gasteiger charge is 2.56. The number of Topliss-reactive ketones (excluding diaryl/α,β-unsaturated/α-hetero) is 1. The number of nitrogens with one attached hydrogen (secondary N) is 1. The largest absolute Gasteiger partial charge is 0.368 e. The van der Waals surface area contributed by atoms with Gasteiger partial charge in [-0.25, -0.2) is 5.21 Å². The fourth-order valence-electron chi connectivity index (χ4n) is 4.62. The first-order valence-electron chi connectivity index (χ1n) is 9.61. The molecule has 0 aromatic heterocycles. The number of piperidine rings is 1. The number of amides is 2. The number of ether oxygens (including phenoxy) is 1. The van der Waals surface area contributed by atoms with Gasteiger partial charge in [0.2, 0.25) is 5.91 Å². The second-order valence-electron chi connectivity index (χ2n) is 8.49. The van der Waals surface area contributed by atoms with Crippen LogP contribution in [-0.2, 0) is 14.3 Å². The third kappa shape index (κ3) is 3.11. The highest BCUT2D eigenvalue weighted by Crippen LogP contribution is 2.40. The Morgan fingerprint density at radius 3 is 2.54 bits per heavy atom. The predicted octanol–water partition coefficient (Wildman–Crippen LogP) is 0.718. The standard InChI is InChI=1S/C20H25N3O5/c1-11-8-14(20(26)22-15(11)9-17-18(22)16(24)10-28-17)21-19(25)12-4-6-13(7-5-12)23(2,3)27/h4-7,11,14-15,17-18,27H,8-10H2,1-3H3/p+1/t11?,14-,15?,17+,18+/m0/s1. The molecule has 8 heteroatoms. The predicted molar refractivity (Wildman–Crippen MR) is 101 cm³/mol. The lowest BCUT2D eigenvalue weighted by Crippen LogP contribution is -2.60. The van der Waals surface area contributed by atoms with Crippen molar-refractivity contribution in [3.8, 4) is 0 Å². The summed E-state index contributed by atoms with van der Waals surface area (Å²) in [6.45, 7) is 2.11. The van der Waals surface area contributed by atoms with Gasteiger partial charge >= 0.3 is 0 Å². The molecular formula is C20H26N3O5+. The molecule has 1 aromatic carbocycles. The molecule has 2 N–H and O–H groups in total. The van der Waals surface area contributed by atoms with Crippen molar-refractivity contribution in [2.24, 2.45) is 5.92 Å². The molecule has 2 amide bonds. The minimum atomic E-state index is -0.657. The van der Waals surface area contributed by atoms with Gasteiger partial charge in [-0.2, -0.15) is 4.65 Å². The normalized spacial score (nSPS) is 32.3. The van der Waals surface area contributed by atoms with E-state index < -0.39 is 12.1 Å². The van der Waals surface area contributed by atoms with Crippen LogP contribution in [0.1, 0.15) is 30.1 Å². The summed E-state index contributed by atoms with van der Waals surface area (Å²) in [5, 5.41) is 12.8. The number of ketones is 1. The van der Waals surface area contributed by atoms with Crippen LogP contribution in [0.3, 0.4) is 0 Å². The Balaban J connectivity index is 1.50. The molecule has 0 saturated carbocycles. The minimum Gasteiger partial charge on any atom is -0.368 e. The van der Waals surface area contributed by atoms with E-state index in [4.69, 9.17) is 4.74 Å². The zero-order chi connectivity index (χ0) is 20.2. The number of hydrogen-bond acceptors (Lipinski definition) is 5. The van der Waals surface area contributed by atoms with Crippen LogP contribution in [0.25, 0.3) is 0 Å². The number of fused-ring (bicyclic) bond motifs is 3. The van der Waals surface area contributed by atoms with Crippen molar-refractivity contribution >= 4 is 23.3 Å². The zero-order valence-electron chi connectivity index (χ0n) is 16.3. The number of nitrogens with zero attached hydrogens (tertiary/aromatic N) is 2. The Labute approximate surface area is 163 Å². The van der Waals surface area contributed by atoms with Gasteiger partial charge in [-0.3, -0.25) is 14.4 Å². The number of benzene rings is 1. The molecule has 3 fully saturated rings. The lowest BCUT2D eigenvalue weighted by atomic mass is 9.87. The Hall–Kier alpha value is -2.29. The first-order valence-corrected chi connectivity index (χ1v) is 9.61. The molecule has 0 spiro atoms. The summed E-state index contributed by atoms with van der Waals surface area (Å²) in [5.41, 5.74) is 1.06. The van der Waals surface area contributed by atoms with Gasteiger partial charge in [0.15, 0.2) is 11.5 Å². The van der Waals surface area contributed by atoms with Crippen molar-refractivity contribution in [2.75, 3.05) is 20.7 Å². The number of carbonyl (C=O) groups is 3. The van der Waals surface area contributed by atoms with Gasteiger partial charge in [-0.15, -0.1) is 0 Å². The summed E-state index contributed by atoms with van der Waals surface area (Å²) < 4.78 is 5.21. The fourth-order valence-corrected chi connectivity index (χ4v) is 4.62. The van der Waals surface area contributed by atoms with Crippen LogP contribution in [0.4, 0.5) is 5.69 Å². The van der Waals surface area contributed by atoms with E-state index in [-0.39, 0.29) is 46.9 Å². The minimum absolute atomic E-state index is 0.0104. The summed E-state index contributed by atoms with van der Waals surface area (Å²) in [5.74, 6) is -0.434. The van der Waals surface area contributed by atoms with Crippen LogP contribution in [0.15, 0.2) is 24.3 Å². The van der Waals surface area contributed by atoms with E-state index in [1.165, 1.54) is 0 Å². The molecule has 3 aliphatic rings. The highest BCUT2D eigenvalue weighted by atomic mass is 16.5. The number of rotatable bonds is 3. The quantitative estimate of drug-likeness (QED) is 0.588. The van der Waals surface area contributed by atoms with Crippen LogP contribution in [0.2, 0.25) is 0 Å². The fraction of sp³-hybridized carbons (Fsp3) is 0.550. The monoisotopic (exact) mass is 388 g/mol. The van der Waals surface area contributed by atoms with Crippen LogP contribution in [0.5, 0.6) is 0 Å². The number of carbonyl (C=O) groups excluding carboxylic acids is 3. The number of hydrogen-bond donors (Lipinski definition) is 2. The lowest BCUT2D eigenvalue weighted by molar-refractivity contribution is -0.144. The molecule has 8 nitrogen and oxygen atoms in total. The SMILES string of the molecule is CC1C[C@H](NC(=O)c2ccc([N+](C)(C)O)cc2)C(=O)N2C1C[C@H]1OCC(=O)[C@H]12. The van der Waals surface area contributed by atoms with Crippen LogP contribution >= 0.6 is 0 Å². The summed E-state index contributed by atoms with van der Waals surface area (Å²) >= 11 is 0. The Morgan fingerprint density at radius 2 is 1.89 bits per heavy atom. The maximum Gasteiger partial charge on any atom is 0.251 e. The maximum atomic E-state index is 13.1. The first-order chi connectivity index (χ1) is 13.2. The second kappa shape index (κ2) is 6.65. The molecule has 0 bridgehead atoms. The molecule has 5 atom stereocenters. The van der Waals surface area contributed by atoms with E-state index in [0.717, 1.165) is 0 Å². The van der Waals surface area contributed by atoms with E-state index in [1.54, 1.807) is 43.3 Å². The molecule has 150 valence electrons. The van der Waals surface area contributed by atoms with Gasteiger partial charge in [-0.05, 0) is 30.9 Å². The third-order valence-corrected chi connectivity index (χ3v) is 6.14. The Bertz CT molecular complexity index is 816. The topological polar surface area (TPSA) is 95.9 Å². The average molecular weight is 388 g/mol. The molecule has 1 aromatic rings. The first kappa shape index (κ1) is 19.0. The molecule has 3 heterocycles. The van der Waals surface area contributed by atoms with Crippen molar-refractivity contribution in [2.45, 2.75) is 44.0 Å². The molecule has 0 radical (unpaired) electrons. The summed E-state index contributed by atoms with van der Waals surface area (Å²) in [7, 11) is 3.23.